The average molecular weight is 592 g/mol. The summed E-state index contributed by atoms with van der Waals surface area (Å²) in [7, 11) is 0. The summed E-state index contributed by atoms with van der Waals surface area (Å²) in [5.41, 5.74) is 1.96. The van der Waals surface area contributed by atoms with E-state index in [0.717, 1.165) is 36.8 Å². The Morgan fingerprint density at radius 2 is 1.38 bits per heavy atom. The molecule has 0 saturated carbocycles. The average Bonchev–Trinajstić information content (AvgIpc) is 2.95. The van der Waals surface area contributed by atoms with E-state index in [1.807, 2.05) is 28.0 Å². The van der Waals surface area contributed by atoms with Gasteiger partial charge in [-0.25, -0.2) is 0 Å². The second kappa shape index (κ2) is 18.5. The number of carbonyl (C=O) groups is 2. The second-order valence-electron chi connectivity index (χ2n) is 12.4. The highest BCUT2D eigenvalue weighted by atomic mass is 16.5. The van der Waals surface area contributed by atoms with Crippen molar-refractivity contribution in [3.8, 4) is 5.75 Å². The van der Waals surface area contributed by atoms with Gasteiger partial charge in [0.1, 0.15) is 31.7 Å². The minimum absolute atomic E-state index is 0.0191. The molecular formula is C33H57N3O6. The van der Waals surface area contributed by atoms with Crippen LogP contribution < -0.4 is 10.1 Å². The number of benzene rings is 1. The summed E-state index contributed by atoms with van der Waals surface area (Å²) in [6.45, 7) is 17.8. The zero-order valence-electron chi connectivity index (χ0n) is 27.2. The van der Waals surface area contributed by atoms with Crippen LogP contribution in [0.3, 0.4) is 0 Å². The molecule has 1 aliphatic rings. The molecule has 0 heterocycles. The van der Waals surface area contributed by atoms with E-state index < -0.39 is 12.2 Å². The first-order valence-electron chi connectivity index (χ1n) is 16.0. The summed E-state index contributed by atoms with van der Waals surface area (Å²) in [4.78, 5) is 29.7. The van der Waals surface area contributed by atoms with E-state index in [1.54, 1.807) is 0 Å². The number of rotatable bonds is 19. The first-order chi connectivity index (χ1) is 20.0. The third-order valence-electron chi connectivity index (χ3n) is 7.29. The molecule has 240 valence electrons. The molecule has 1 aromatic rings. The van der Waals surface area contributed by atoms with Crippen LogP contribution in [0.1, 0.15) is 85.3 Å². The van der Waals surface area contributed by atoms with E-state index in [2.05, 4.69) is 53.8 Å². The first-order valence-corrected chi connectivity index (χ1v) is 16.0. The van der Waals surface area contributed by atoms with Gasteiger partial charge in [0, 0.05) is 56.7 Å². The zero-order valence-corrected chi connectivity index (χ0v) is 27.2. The van der Waals surface area contributed by atoms with Crippen LogP contribution in [0.5, 0.6) is 5.75 Å². The van der Waals surface area contributed by atoms with Crippen LogP contribution in [0.15, 0.2) is 18.2 Å². The Bertz CT molecular complexity index is 938. The number of nitrogens with one attached hydrogen (secondary N) is 1. The number of ether oxygens (including phenoxy) is 3. The maximum absolute atomic E-state index is 13.0. The van der Waals surface area contributed by atoms with E-state index in [-0.39, 0.29) is 43.3 Å². The fourth-order valence-electron chi connectivity index (χ4n) is 5.19. The number of hydrogen-bond acceptors (Lipinski definition) is 7. The molecule has 1 aromatic carbocycles. The lowest BCUT2D eigenvalue weighted by Gasteiger charge is -2.34. The van der Waals surface area contributed by atoms with Gasteiger partial charge in [-0.3, -0.25) is 9.59 Å². The van der Waals surface area contributed by atoms with Gasteiger partial charge in [0.2, 0.25) is 11.8 Å². The lowest BCUT2D eigenvalue weighted by molar-refractivity contribution is -0.149. The number of fused-ring (bicyclic) bond motifs is 1. The van der Waals surface area contributed by atoms with Gasteiger partial charge < -0.3 is 34.4 Å². The van der Waals surface area contributed by atoms with Crippen LogP contribution in [0, 0.1) is 0 Å². The zero-order chi connectivity index (χ0) is 31.1. The monoisotopic (exact) mass is 591 g/mol. The number of aliphatic hydroxyl groups excluding tert-OH is 1. The van der Waals surface area contributed by atoms with Gasteiger partial charge in [-0.2, -0.15) is 0 Å². The maximum atomic E-state index is 13.0. The number of nitrogens with zero attached hydrogens (tertiary/aromatic N) is 2. The number of amides is 2. The summed E-state index contributed by atoms with van der Waals surface area (Å²) in [6.07, 6.45) is 3.15. The van der Waals surface area contributed by atoms with Crippen molar-refractivity contribution in [1.29, 1.82) is 0 Å². The summed E-state index contributed by atoms with van der Waals surface area (Å²) in [6, 6.07) is 5.90. The predicted molar refractivity (Wildman–Crippen MR) is 167 cm³/mol. The molecule has 0 saturated heterocycles. The van der Waals surface area contributed by atoms with Crippen molar-refractivity contribution in [3.05, 3.63) is 29.3 Å². The van der Waals surface area contributed by atoms with Crippen molar-refractivity contribution in [2.75, 3.05) is 52.5 Å². The first kappa shape index (κ1) is 36.0. The van der Waals surface area contributed by atoms with Gasteiger partial charge in [0.05, 0.1) is 12.2 Å². The Morgan fingerprint density at radius 3 is 1.86 bits per heavy atom. The third-order valence-corrected chi connectivity index (χ3v) is 7.29. The standard InChI is InChI=1S/C33H57N3O6/c1-8-15-35(16-9-2)31(38)23-41-29-19-25-13-12-14-28(40-22-26(37)21-34-33(5,6)7)27(25)20-30(29)42-24-32(39)36(17-10-3)18-11-4/h12-14,26,29-30,34,37H,8-11,15-24H2,1-7H3/t26?,29-,30+/m0/s1. The molecule has 0 spiro atoms. The summed E-state index contributed by atoms with van der Waals surface area (Å²) in [5.74, 6) is 0.647. The number of aliphatic hydroxyl groups is 1. The molecule has 1 aliphatic carbocycles. The van der Waals surface area contributed by atoms with E-state index in [0.29, 0.717) is 51.3 Å². The lowest BCUT2D eigenvalue weighted by atomic mass is 9.87. The number of β-amino-alcohol motifs (C(OH)–C–C–N with tert-alkyl or cyclic N) is 1. The topological polar surface area (TPSA) is 101 Å². The van der Waals surface area contributed by atoms with Gasteiger partial charge in [-0.1, -0.05) is 39.8 Å². The van der Waals surface area contributed by atoms with Crippen molar-refractivity contribution in [2.24, 2.45) is 0 Å². The second-order valence-corrected chi connectivity index (χ2v) is 12.4. The fraction of sp³-hybridized carbons (Fsp3) is 0.758. The van der Waals surface area contributed by atoms with Gasteiger partial charge in [0.25, 0.3) is 0 Å². The van der Waals surface area contributed by atoms with Crippen molar-refractivity contribution in [1.82, 2.24) is 15.1 Å². The van der Waals surface area contributed by atoms with Crippen molar-refractivity contribution >= 4 is 11.8 Å². The minimum atomic E-state index is -0.660. The molecule has 9 nitrogen and oxygen atoms in total. The summed E-state index contributed by atoms with van der Waals surface area (Å²) >= 11 is 0. The van der Waals surface area contributed by atoms with Gasteiger partial charge >= 0.3 is 0 Å². The SMILES string of the molecule is CCCN(CCC)C(=O)CO[C@H]1Cc2cccc(OCC(O)CNC(C)(C)C)c2C[C@H]1OCC(=O)N(CCC)CCC. The molecule has 0 fully saturated rings. The Balaban J connectivity index is 2.19. The highest BCUT2D eigenvalue weighted by molar-refractivity contribution is 5.78. The van der Waals surface area contributed by atoms with Crippen LogP contribution in [-0.4, -0.2) is 103 Å². The summed E-state index contributed by atoms with van der Waals surface area (Å²) in [5, 5.41) is 13.8. The molecule has 9 heteroatoms. The highest BCUT2D eigenvalue weighted by Crippen LogP contribution is 2.32. The van der Waals surface area contributed by atoms with Crippen LogP contribution in [0.25, 0.3) is 0 Å². The van der Waals surface area contributed by atoms with Gasteiger partial charge in [-0.05, 0) is 58.1 Å². The van der Waals surface area contributed by atoms with Crippen molar-refractivity contribution in [2.45, 2.75) is 111 Å². The number of carbonyl (C=O) groups excluding carboxylic acids is 2. The molecule has 3 atom stereocenters. The lowest BCUT2D eigenvalue weighted by Crippen LogP contribution is -2.44. The highest BCUT2D eigenvalue weighted by Gasteiger charge is 2.33. The molecule has 1 unspecified atom stereocenters. The van der Waals surface area contributed by atoms with Crippen LogP contribution in [-0.2, 0) is 31.9 Å². The smallest absolute Gasteiger partial charge is 0.248 e. The summed E-state index contributed by atoms with van der Waals surface area (Å²) < 4.78 is 18.6. The predicted octanol–water partition coefficient (Wildman–Crippen LogP) is 3.98. The minimum Gasteiger partial charge on any atom is -0.491 e. The van der Waals surface area contributed by atoms with E-state index >= 15 is 0 Å². The Kier molecular flexibility index (Phi) is 15.8. The molecule has 0 radical (unpaired) electrons. The van der Waals surface area contributed by atoms with E-state index in [9.17, 15) is 14.7 Å². The van der Waals surface area contributed by atoms with Crippen molar-refractivity contribution < 1.29 is 28.9 Å². The normalized spacial score (nSPS) is 17.4. The van der Waals surface area contributed by atoms with Crippen LogP contribution in [0.4, 0.5) is 0 Å². The van der Waals surface area contributed by atoms with Crippen LogP contribution in [0.2, 0.25) is 0 Å². The Hall–Kier alpha value is -2.20. The quantitative estimate of drug-likeness (QED) is 0.251. The number of hydrogen-bond donors (Lipinski definition) is 2. The van der Waals surface area contributed by atoms with Gasteiger partial charge in [-0.15, -0.1) is 0 Å². The molecule has 0 bridgehead atoms. The maximum Gasteiger partial charge on any atom is 0.248 e. The van der Waals surface area contributed by atoms with Crippen LogP contribution >= 0.6 is 0 Å². The molecule has 2 N–H and O–H groups in total. The molecule has 42 heavy (non-hydrogen) atoms. The third kappa shape index (κ3) is 12.2. The molecule has 2 amide bonds. The molecule has 0 aromatic heterocycles. The molecule has 2 rings (SSSR count). The molecule has 0 aliphatic heterocycles. The Labute approximate surface area is 254 Å². The fourth-order valence-corrected chi connectivity index (χ4v) is 5.19. The molecular weight excluding hydrogens is 534 g/mol. The largest absolute Gasteiger partial charge is 0.491 e. The van der Waals surface area contributed by atoms with E-state index in [1.165, 1.54) is 0 Å². The Morgan fingerprint density at radius 1 is 0.881 bits per heavy atom. The van der Waals surface area contributed by atoms with Gasteiger partial charge in [0.15, 0.2) is 0 Å². The van der Waals surface area contributed by atoms with Crippen molar-refractivity contribution in [3.63, 3.8) is 0 Å². The van der Waals surface area contributed by atoms with E-state index in [4.69, 9.17) is 14.2 Å².